The molecule has 2 fully saturated rings. The number of benzene rings is 2. The van der Waals surface area contributed by atoms with Gasteiger partial charge in [0, 0.05) is 80.3 Å². The molecule has 2 aliphatic heterocycles. The van der Waals surface area contributed by atoms with Crippen LogP contribution in [0.1, 0.15) is 18.9 Å². The molecule has 0 bridgehead atoms. The number of amides is 1. The molecule has 1 atom stereocenters. The minimum absolute atomic E-state index is 0.0139. The SMILES string of the molecule is COc1cc(N2CCN(C(C)=O)C(Cl)C2)cc(C)c1OCCCN1CCN(c2cccc3sccc23)CC1. The first-order chi connectivity index (χ1) is 18.4. The molecule has 1 amide bonds. The fourth-order valence-electron chi connectivity index (χ4n) is 5.50. The number of hydrogen-bond donors (Lipinski definition) is 0. The van der Waals surface area contributed by atoms with E-state index >= 15 is 0 Å². The first kappa shape index (κ1) is 26.9. The monoisotopic (exact) mass is 556 g/mol. The van der Waals surface area contributed by atoms with Crippen LogP contribution >= 0.6 is 22.9 Å². The van der Waals surface area contributed by atoms with Gasteiger partial charge in [0.15, 0.2) is 11.5 Å². The zero-order valence-electron chi connectivity index (χ0n) is 22.5. The molecule has 9 heteroatoms. The highest BCUT2D eigenvalue weighted by molar-refractivity contribution is 7.17. The molecular weight excluding hydrogens is 520 g/mol. The van der Waals surface area contributed by atoms with Crippen molar-refractivity contribution in [1.82, 2.24) is 9.80 Å². The van der Waals surface area contributed by atoms with E-state index in [1.807, 2.05) is 17.4 Å². The summed E-state index contributed by atoms with van der Waals surface area (Å²) in [4.78, 5) is 20.7. The van der Waals surface area contributed by atoms with Crippen molar-refractivity contribution in [2.75, 3.05) is 75.9 Å². The van der Waals surface area contributed by atoms with Gasteiger partial charge in [-0.1, -0.05) is 17.7 Å². The van der Waals surface area contributed by atoms with E-state index in [0.717, 1.165) is 68.4 Å². The third kappa shape index (κ3) is 5.82. The molecule has 5 rings (SSSR count). The van der Waals surface area contributed by atoms with Gasteiger partial charge in [0.05, 0.1) is 20.3 Å². The van der Waals surface area contributed by atoms with Gasteiger partial charge in [0.25, 0.3) is 0 Å². The smallest absolute Gasteiger partial charge is 0.220 e. The molecule has 2 saturated heterocycles. The van der Waals surface area contributed by atoms with Crippen LogP contribution in [0.2, 0.25) is 0 Å². The van der Waals surface area contributed by atoms with E-state index in [0.29, 0.717) is 19.7 Å². The minimum Gasteiger partial charge on any atom is -0.493 e. The molecular formula is C29H37ClN4O3S. The maximum Gasteiger partial charge on any atom is 0.220 e. The number of carbonyl (C=O) groups excluding carboxylic acids is 1. The summed E-state index contributed by atoms with van der Waals surface area (Å²) in [6, 6.07) is 13.0. The van der Waals surface area contributed by atoms with Gasteiger partial charge in [-0.05, 0) is 48.6 Å². The fourth-order valence-corrected chi connectivity index (χ4v) is 6.71. The molecule has 0 N–H and O–H groups in total. The van der Waals surface area contributed by atoms with E-state index < -0.39 is 0 Å². The fraction of sp³-hybridized carbons (Fsp3) is 0.483. The predicted octanol–water partition coefficient (Wildman–Crippen LogP) is 5.04. The van der Waals surface area contributed by atoms with Crippen LogP contribution < -0.4 is 19.3 Å². The van der Waals surface area contributed by atoms with Gasteiger partial charge < -0.3 is 24.2 Å². The molecule has 0 aliphatic carbocycles. The third-order valence-corrected chi connectivity index (χ3v) is 8.84. The largest absolute Gasteiger partial charge is 0.493 e. The number of hydrogen-bond acceptors (Lipinski definition) is 7. The zero-order chi connectivity index (χ0) is 26.6. The average molecular weight is 557 g/mol. The maximum atomic E-state index is 11.8. The summed E-state index contributed by atoms with van der Waals surface area (Å²) in [7, 11) is 1.68. The Labute approximate surface area is 234 Å². The van der Waals surface area contributed by atoms with Crippen molar-refractivity contribution in [3.05, 3.63) is 47.3 Å². The number of methoxy groups -OCH3 is 1. The number of halogens is 1. The molecule has 7 nitrogen and oxygen atoms in total. The highest BCUT2D eigenvalue weighted by Gasteiger charge is 2.28. The summed E-state index contributed by atoms with van der Waals surface area (Å²) in [5, 5.41) is 3.55. The van der Waals surface area contributed by atoms with Crippen molar-refractivity contribution in [3.8, 4) is 11.5 Å². The van der Waals surface area contributed by atoms with Gasteiger partial charge >= 0.3 is 0 Å². The van der Waals surface area contributed by atoms with E-state index in [4.69, 9.17) is 21.1 Å². The lowest BCUT2D eigenvalue weighted by Crippen LogP contribution is -2.52. The first-order valence-electron chi connectivity index (χ1n) is 13.4. The molecule has 3 heterocycles. The summed E-state index contributed by atoms with van der Waals surface area (Å²) in [5.41, 5.74) is 3.10. The number of ether oxygens (including phenoxy) is 2. The molecule has 204 valence electrons. The Kier molecular flexibility index (Phi) is 8.51. The highest BCUT2D eigenvalue weighted by atomic mass is 35.5. The summed E-state index contributed by atoms with van der Waals surface area (Å²) >= 11 is 8.28. The molecule has 1 aromatic heterocycles. The Balaban J connectivity index is 1.11. The number of fused-ring (bicyclic) bond motifs is 1. The molecule has 0 spiro atoms. The van der Waals surface area contributed by atoms with E-state index in [9.17, 15) is 4.79 Å². The van der Waals surface area contributed by atoms with Gasteiger partial charge in [-0.15, -0.1) is 11.3 Å². The van der Waals surface area contributed by atoms with Gasteiger partial charge in [-0.3, -0.25) is 9.69 Å². The number of rotatable bonds is 8. The van der Waals surface area contributed by atoms with E-state index in [1.165, 1.54) is 15.8 Å². The molecule has 1 unspecified atom stereocenters. The Morgan fingerprint density at radius 2 is 1.87 bits per heavy atom. The van der Waals surface area contributed by atoms with Crippen LogP contribution in [-0.4, -0.2) is 87.3 Å². The van der Waals surface area contributed by atoms with Gasteiger partial charge in [-0.2, -0.15) is 0 Å². The predicted molar refractivity (Wildman–Crippen MR) is 158 cm³/mol. The van der Waals surface area contributed by atoms with Crippen LogP contribution in [0.3, 0.4) is 0 Å². The second kappa shape index (κ2) is 12.0. The Bertz CT molecular complexity index is 1260. The van der Waals surface area contributed by atoms with Crippen molar-refractivity contribution in [1.29, 1.82) is 0 Å². The normalized spacial score (nSPS) is 18.7. The average Bonchev–Trinajstić information content (AvgIpc) is 3.41. The Hall–Kier alpha value is -2.68. The van der Waals surface area contributed by atoms with Crippen molar-refractivity contribution in [2.24, 2.45) is 0 Å². The lowest BCUT2D eigenvalue weighted by atomic mass is 10.1. The quantitative estimate of drug-likeness (QED) is 0.220. The topological polar surface area (TPSA) is 48.5 Å². The highest BCUT2D eigenvalue weighted by Crippen LogP contribution is 2.37. The number of anilines is 2. The van der Waals surface area contributed by atoms with E-state index in [-0.39, 0.29) is 11.4 Å². The number of nitrogens with zero attached hydrogens (tertiary/aromatic N) is 4. The molecule has 38 heavy (non-hydrogen) atoms. The lowest BCUT2D eigenvalue weighted by molar-refractivity contribution is -0.129. The summed E-state index contributed by atoms with van der Waals surface area (Å²) in [6.07, 6.45) is 0.964. The second-order valence-corrected chi connectivity index (χ2v) is 11.5. The van der Waals surface area contributed by atoms with Crippen LogP contribution in [0, 0.1) is 6.92 Å². The van der Waals surface area contributed by atoms with Crippen LogP contribution in [0.15, 0.2) is 41.8 Å². The van der Waals surface area contributed by atoms with Crippen LogP contribution in [0.5, 0.6) is 11.5 Å². The number of piperazine rings is 2. The number of aryl methyl sites for hydroxylation is 1. The van der Waals surface area contributed by atoms with Crippen molar-refractivity contribution in [2.45, 2.75) is 25.8 Å². The van der Waals surface area contributed by atoms with Gasteiger partial charge in [0.1, 0.15) is 5.50 Å². The number of thiophene rings is 1. The Morgan fingerprint density at radius 1 is 1.08 bits per heavy atom. The van der Waals surface area contributed by atoms with Crippen LogP contribution in [0.25, 0.3) is 10.1 Å². The third-order valence-electron chi connectivity index (χ3n) is 7.59. The summed E-state index contributed by atoms with van der Waals surface area (Å²) in [6.45, 7) is 11.4. The lowest BCUT2D eigenvalue weighted by Gasteiger charge is -2.39. The van der Waals surface area contributed by atoms with Crippen molar-refractivity contribution >= 4 is 50.3 Å². The minimum atomic E-state index is -0.338. The molecule has 0 saturated carbocycles. The molecule has 2 aromatic carbocycles. The maximum absolute atomic E-state index is 11.8. The zero-order valence-corrected chi connectivity index (χ0v) is 24.1. The van der Waals surface area contributed by atoms with E-state index in [2.05, 4.69) is 57.3 Å². The van der Waals surface area contributed by atoms with Gasteiger partial charge in [0.2, 0.25) is 5.91 Å². The first-order valence-corrected chi connectivity index (χ1v) is 14.7. The molecule has 0 radical (unpaired) electrons. The van der Waals surface area contributed by atoms with Crippen LogP contribution in [-0.2, 0) is 4.79 Å². The molecule has 2 aliphatic rings. The number of alkyl halides is 1. The summed E-state index contributed by atoms with van der Waals surface area (Å²) in [5.74, 6) is 1.55. The van der Waals surface area contributed by atoms with Crippen LogP contribution in [0.4, 0.5) is 11.4 Å². The van der Waals surface area contributed by atoms with Gasteiger partial charge in [-0.25, -0.2) is 0 Å². The standard InChI is InChI=1S/C29H37ClN4O3S/c1-21-18-23(33-14-15-34(22(2)35)28(30)20-33)19-26(36-3)29(21)37-16-5-9-31-10-12-32(13-11-31)25-6-4-7-27-24(25)8-17-38-27/h4,6-8,17-19,28H,5,9-16,20H2,1-3H3. The summed E-state index contributed by atoms with van der Waals surface area (Å²) < 4.78 is 13.3. The van der Waals surface area contributed by atoms with Crippen molar-refractivity contribution < 1.29 is 14.3 Å². The molecule has 3 aromatic rings. The second-order valence-electron chi connectivity index (χ2n) is 10.0. The van der Waals surface area contributed by atoms with Crippen molar-refractivity contribution in [3.63, 3.8) is 0 Å². The number of carbonyl (C=O) groups is 1. The Morgan fingerprint density at radius 3 is 2.61 bits per heavy atom. The van der Waals surface area contributed by atoms with E-state index in [1.54, 1.807) is 18.9 Å².